The molecule has 2 aromatic carbocycles. The van der Waals surface area contributed by atoms with Gasteiger partial charge in [0.1, 0.15) is 6.04 Å². The number of carbonyl (C=O) groups is 3. The van der Waals surface area contributed by atoms with Gasteiger partial charge < -0.3 is 20.5 Å². The maximum absolute atomic E-state index is 12.8. The molecule has 0 aromatic heterocycles. The van der Waals surface area contributed by atoms with Gasteiger partial charge in [0.2, 0.25) is 0 Å². The fraction of sp³-hybridized carbons (Fsp3) is 0.304. The van der Waals surface area contributed by atoms with Crippen molar-refractivity contribution in [2.45, 2.75) is 31.5 Å². The van der Waals surface area contributed by atoms with Crippen LogP contribution in [-0.4, -0.2) is 42.1 Å². The number of ether oxygens (including phenoxy) is 1. The quantitative estimate of drug-likeness (QED) is 0.527. The molecule has 0 unspecified atom stereocenters. The molecule has 3 N–H and O–H groups in total. The number of benzene rings is 2. The minimum absolute atomic E-state index is 0.0218. The molecule has 2 rings (SSSR count). The molecule has 31 heavy (non-hydrogen) atoms. The second-order valence-electron chi connectivity index (χ2n) is 7.02. The predicted molar refractivity (Wildman–Crippen MR) is 112 cm³/mol. The highest BCUT2D eigenvalue weighted by Gasteiger charge is 2.33. The standard InChI is InChI=1S/C23H25N3O5/c1-15(14-24)13-18(23(30)31-2)25-22(29)20(27)19(16-9-5-3-6-10-16)26-21(28)17-11-7-4-8-12-17/h3-12,15,18-20,27H,13H2,1-2H3,(H,25,29)(H,26,28)/t15-,18-,19+,20-/m1/s1. The second-order valence-corrected chi connectivity index (χ2v) is 7.02. The number of nitriles is 1. The van der Waals surface area contributed by atoms with Gasteiger partial charge in [-0.2, -0.15) is 5.26 Å². The zero-order chi connectivity index (χ0) is 22.8. The smallest absolute Gasteiger partial charge is 0.328 e. The van der Waals surface area contributed by atoms with Gasteiger partial charge in [-0.3, -0.25) is 9.59 Å². The van der Waals surface area contributed by atoms with Crippen LogP contribution in [0.2, 0.25) is 0 Å². The third-order valence-electron chi connectivity index (χ3n) is 4.68. The van der Waals surface area contributed by atoms with Crippen molar-refractivity contribution in [2.24, 2.45) is 5.92 Å². The van der Waals surface area contributed by atoms with Crippen LogP contribution in [0, 0.1) is 17.2 Å². The molecular weight excluding hydrogens is 398 g/mol. The molecule has 0 aliphatic heterocycles. The largest absolute Gasteiger partial charge is 0.467 e. The SMILES string of the molecule is COC(=O)[C@@H](C[C@@H](C)C#N)NC(=O)[C@H](O)[C@@H](NC(=O)c1ccccc1)c1ccccc1. The Labute approximate surface area is 180 Å². The lowest BCUT2D eigenvalue weighted by Gasteiger charge is -2.26. The van der Waals surface area contributed by atoms with Gasteiger partial charge in [0.05, 0.1) is 19.2 Å². The van der Waals surface area contributed by atoms with E-state index in [1.807, 2.05) is 6.07 Å². The van der Waals surface area contributed by atoms with Crippen LogP contribution in [0.25, 0.3) is 0 Å². The molecule has 8 heteroatoms. The number of hydrogen-bond donors (Lipinski definition) is 3. The van der Waals surface area contributed by atoms with Crippen LogP contribution in [0.1, 0.15) is 35.3 Å². The van der Waals surface area contributed by atoms with Crippen LogP contribution < -0.4 is 10.6 Å². The van der Waals surface area contributed by atoms with E-state index in [0.29, 0.717) is 11.1 Å². The summed E-state index contributed by atoms with van der Waals surface area (Å²) in [6.07, 6.45) is -1.67. The number of amides is 2. The summed E-state index contributed by atoms with van der Waals surface area (Å²) in [5.41, 5.74) is 0.876. The van der Waals surface area contributed by atoms with E-state index in [1.54, 1.807) is 67.6 Å². The molecule has 2 aromatic rings. The van der Waals surface area contributed by atoms with Crippen LogP contribution in [0.4, 0.5) is 0 Å². The average molecular weight is 423 g/mol. The Hall–Kier alpha value is -3.70. The summed E-state index contributed by atoms with van der Waals surface area (Å²) in [5.74, 6) is -2.59. The molecule has 0 fully saturated rings. The molecule has 0 saturated heterocycles. The summed E-state index contributed by atoms with van der Waals surface area (Å²) in [7, 11) is 1.17. The average Bonchev–Trinajstić information content (AvgIpc) is 2.81. The highest BCUT2D eigenvalue weighted by atomic mass is 16.5. The summed E-state index contributed by atoms with van der Waals surface area (Å²) >= 11 is 0. The van der Waals surface area contributed by atoms with Crippen molar-refractivity contribution < 1.29 is 24.2 Å². The van der Waals surface area contributed by atoms with E-state index in [-0.39, 0.29) is 6.42 Å². The molecule has 0 saturated carbocycles. The number of carbonyl (C=O) groups excluding carboxylic acids is 3. The number of methoxy groups -OCH3 is 1. The molecule has 0 radical (unpaired) electrons. The molecule has 0 aliphatic carbocycles. The molecule has 0 bridgehead atoms. The Morgan fingerprint density at radius 2 is 1.61 bits per heavy atom. The highest BCUT2D eigenvalue weighted by Crippen LogP contribution is 2.19. The zero-order valence-electron chi connectivity index (χ0n) is 17.3. The first-order valence-electron chi connectivity index (χ1n) is 9.74. The van der Waals surface area contributed by atoms with E-state index in [9.17, 15) is 19.5 Å². The Kier molecular flexibility index (Phi) is 8.73. The second kappa shape index (κ2) is 11.5. The van der Waals surface area contributed by atoms with Gasteiger partial charge in [0.25, 0.3) is 11.8 Å². The number of nitrogens with one attached hydrogen (secondary N) is 2. The van der Waals surface area contributed by atoms with Crippen molar-refractivity contribution >= 4 is 17.8 Å². The van der Waals surface area contributed by atoms with Crippen molar-refractivity contribution in [3.8, 4) is 6.07 Å². The zero-order valence-corrected chi connectivity index (χ0v) is 17.3. The van der Waals surface area contributed by atoms with E-state index in [2.05, 4.69) is 10.6 Å². The van der Waals surface area contributed by atoms with E-state index < -0.39 is 41.9 Å². The first kappa shape index (κ1) is 23.6. The minimum atomic E-state index is -1.69. The molecule has 0 aliphatic rings. The van der Waals surface area contributed by atoms with Crippen LogP contribution in [-0.2, 0) is 14.3 Å². The first-order chi connectivity index (χ1) is 14.9. The van der Waals surface area contributed by atoms with Gasteiger partial charge in [0, 0.05) is 11.5 Å². The number of hydrogen-bond acceptors (Lipinski definition) is 6. The Morgan fingerprint density at radius 1 is 1.03 bits per heavy atom. The van der Waals surface area contributed by atoms with E-state index >= 15 is 0 Å². The third kappa shape index (κ3) is 6.66. The van der Waals surface area contributed by atoms with Crippen molar-refractivity contribution in [2.75, 3.05) is 7.11 Å². The maximum Gasteiger partial charge on any atom is 0.328 e. The summed E-state index contributed by atoms with van der Waals surface area (Å²) in [5, 5.41) is 24.9. The van der Waals surface area contributed by atoms with Gasteiger partial charge in [-0.15, -0.1) is 0 Å². The lowest BCUT2D eigenvalue weighted by atomic mass is 9.98. The number of esters is 1. The van der Waals surface area contributed by atoms with E-state index in [0.717, 1.165) is 0 Å². The number of aliphatic hydroxyl groups excluding tert-OH is 1. The molecular formula is C23H25N3O5. The molecule has 162 valence electrons. The Bertz CT molecular complexity index is 927. The number of rotatable bonds is 9. The van der Waals surface area contributed by atoms with Crippen LogP contribution in [0.15, 0.2) is 60.7 Å². The first-order valence-corrected chi connectivity index (χ1v) is 9.74. The fourth-order valence-corrected chi connectivity index (χ4v) is 2.99. The summed E-state index contributed by atoms with van der Waals surface area (Å²) in [6, 6.07) is 16.7. The van der Waals surface area contributed by atoms with Crippen molar-refractivity contribution in [1.82, 2.24) is 10.6 Å². The van der Waals surface area contributed by atoms with Crippen molar-refractivity contribution in [1.29, 1.82) is 5.26 Å². The monoisotopic (exact) mass is 423 g/mol. The molecule has 8 nitrogen and oxygen atoms in total. The maximum atomic E-state index is 12.8. The Morgan fingerprint density at radius 3 is 2.16 bits per heavy atom. The highest BCUT2D eigenvalue weighted by molar-refractivity contribution is 5.95. The van der Waals surface area contributed by atoms with E-state index in [1.165, 1.54) is 7.11 Å². The Balaban J connectivity index is 2.24. The van der Waals surface area contributed by atoms with Crippen LogP contribution in [0.3, 0.4) is 0 Å². The minimum Gasteiger partial charge on any atom is -0.467 e. The summed E-state index contributed by atoms with van der Waals surface area (Å²) < 4.78 is 4.69. The van der Waals surface area contributed by atoms with Gasteiger partial charge in [-0.05, 0) is 31.0 Å². The molecule has 4 atom stereocenters. The lowest BCUT2D eigenvalue weighted by molar-refractivity contribution is -0.147. The number of aliphatic hydroxyl groups is 1. The topological polar surface area (TPSA) is 129 Å². The van der Waals surface area contributed by atoms with Crippen molar-refractivity contribution in [3.05, 3.63) is 71.8 Å². The summed E-state index contributed by atoms with van der Waals surface area (Å²) in [4.78, 5) is 37.5. The van der Waals surface area contributed by atoms with Crippen LogP contribution >= 0.6 is 0 Å². The van der Waals surface area contributed by atoms with Gasteiger partial charge in [-0.1, -0.05) is 48.5 Å². The fourth-order valence-electron chi connectivity index (χ4n) is 2.99. The molecule has 2 amide bonds. The number of nitrogens with zero attached hydrogens (tertiary/aromatic N) is 1. The molecule has 0 spiro atoms. The van der Waals surface area contributed by atoms with E-state index in [4.69, 9.17) is 10.00 Å². The normalized spacial score (nSPS) is 14.3. The van der Waals surface area contributed by atoms with Gasteiger partial charge in [0.15, 0.2) is 6.10 Å². The van der Waals surface area contributed by atoms with Gasteiger partial charge in [-0.25, -0.2) is 4.79 Å². The lowest BCUT2D eigenvalue weighted by Crippen LogP contribution is -2.50. The molecule has 0 heterocycles. The van der Waals surface area contributed by atoms with Crippen LogP contribution in [0.5, 0.6) is 0 Å². The van der Waals surface area contributed by atoms with Gasteiger partial charge >= 0.3 is 5.97 Å². The summed E-state index contributed by atoms with van der Waals surface area (Å²) in [6.45, 7) is 1.60. The predicted octanol–water partition coefficient (Wildman–Crippen LogP) is 1.73. The van der Waals surface area contributed by atoms with Crippen molar-refractivity contribution in [3.63, 3.8) is 0 Å². The third-order valence-corrected chi connectivity index (χ3v) is 4.68.